The minimum absolute atomic E-state index is 0.0982. The summed E-state index contributed by atoms with van der Waals surface area (Å²) in [5.74, 6) is 0. The summed E-state index contributed by atoms with van der Waals surface area (Å²) in [5.41, 5.74) is 0.955. The van der Waals surface area contributed by atoms with Crippen LogP contribution in [-0.4, -0.2) is 50.6 Å². The van der Waals surface area contributed by atoms with E-state index in [9.17, 15) is 8.42 Å². The van der Waals surface area contributed by atoms with Gasteiger partial charge < -0.3 is 10.1 Å². The topological polar surface area (TPSA) is 71.5 Å². The molecule has 0 radical (unpaired) electrons. The van der Waals surface area contributed by atoms with Crippen molar-refractivity contribution in [1.82, 2.24) is 14.6 Å². The van der Waals surface area contributed by atoms with Crippen LogP contribution in [0.15, 0.2) is 23.4 Å². The summed E-state index contributed by atoms with van der Waals surface area (Å²) in [6.45, 7) is 3.75. The Hall–Kier alpha value is -1.02. The van der Waals surface area contributed by atoms with Crippen LogP contribution in [0, 0.1) is 0 Å². The molecule has 0 spiro atoms. The number of pyridine rings is 1. The summed E-state index contributed by atoms with van der Waals surface area (Å²) < 4.78 is 31.6. The van der Waals surface area contributed by atoms with Crippen molar-refractivity contribution in [2.24, 2.45) is 0 Å². The van der Waals surface area contributed by atoms with E-state index < -0.39 is 10.0 Å². The molecule has 1 aliphatic heterocycles. The zero-order valence-corrected chi connectivity index (χ0v) is 12.0. The first kappa shape index (κ1) is 14.4. The average molecular weight is 285 g/mol. The molecular formula is C12H19N3O3S. The molecule has 0 aromatic carbocycles. The van der Waals surface area contributed by atoms with Gasteiger partial charge in [0.15, 0.2) is 5.03 Å². The lowest BCUT2D eigenvalue weighted by Gasteiger charge is -2.31. The van der Waals surface area contributed by atoms with Crippen molar-refractivity contribution in [1.29, 1.82) is 0 Å². The van der Waals surface area contributed by atoms with Crippen molar-refractivity contribution in [2.75, 3.05) is 26.8 Å². The molecule has 106 valence electrons. The van der Waals surface area contributed by atoms with Crippen LogP contribution >= 0.6 is 0 Å². The molecule has 1 N–H and O–H groups in total. The van der Waals surface area contributed by atoms with E-state index in [1.165, 1.54) is 4.31 Å². The van der Waals surface area contributed by atoms with E-state index in [-0.39, 0.29) is 11.1 Å². The Labute approximate surface area is 113 Å². The van der Waals surface area contributed by atoms with Gasteiger partial charge in [-0.15, -0.1) is 0 Å². The standard InChI is InChI=1S/C12H19N3O3S/c1-10-9-18-6-5-15(10)19(16,17)12-4-3-11(7-13-2)8-14-12/h3-4,8,10,13H,5-7,9H2,1-2H3. The van der Waals surface area contributed by atoms with Crippen LogP contribution in [-0.2, 0) is 21.3 Å². The number of rotatable bonds is 4. The fraction of sp³-hybridized carbons (Fsp3) is 0.583. The van der Waals surface area contributed by atoms with Gasteiger partial charge in [0.25, 0.3) is 10.0 Å². The molecule has 1 atom stereocenters. The molecule has 1 fully saturated rings. The van der Waals surface area contributed by atoms with Crippen molar-refractivity contribution >= 4 is 10.0 Å². The zero-order valence-electron chi connectivity index (χ0n) is 11.2. The minimum atomic E-state index is -3.52. The van der Waals surface area contributed by atoms with Gasteiger partial charge in [-0.05, 0) is 25.6 Å². The number of hydrogen-bond donors (Lipinski definition) is 1. The largest absolute Gasteiger partial charge is 0.378 e. The Balaban J connectivity index is 2.23. The van der Waals surface area contributed by atoms with Crippen LogP contribution in [0.4, 0.5) is 0 Å². The quantitative estimate of drug-likeness (QED) is 0.856. The fourth-order valence-electron chi connectivity index (χ4n) is 2.06. The number of sulfonamides is 1. The lowest BCUT2D eigenvalue weighted by Crippen LogP contribution is -2.47. The van der Waals surface area contributed by atoms with Crippen LogP contribution in [0.5, 0.6) is 0 Å². The molecule has 6 nitrogen and oxygen atoms in total. The number of aromatic nitrogens is 1. The smallest absolute Gasteiger partial charge is 0.260 e. The van der Waals surface area contributed by atoms with Crippen LogP contribution in [0.3, 0.4) is 0 Å². The second-order valence-corrected chi connectivity index (χ2v) is 6.41. The zero-order chi connectivity index (χ0) is 13.9. The monoisotopic (exact) mass is 285 g/mol. The minimum Gasteiger partial charge on any atom is -0.378 e. The third-order valence-corrected chi connectivity index (χ3v) is 4.99. The second-order valence-electron chi connectivity index (χ2n) is 4.57. The number of nitrogens with one attached hydrogen (secondary N) is 1. The third kappa shape index (κ3) is 3.11. The van der Waals surface area contributed by atoms with E-state index in [1.54, 1.807) is 18.3 Å². The van der Waals surface area contributed by atoms with Crippen LogP contribution in [0.2, 0.25) is 0 Å². The van der Waals surface area contributed by atoms with E-state index in [2.05, 4.69) is 10.3 Å². The maximum Gasteiger partial charge on any atom is 0.260 e. The second kappa shape index (κ2) is 5.96. The van der Waals surface area contributed by atoms with Crippen LogP contribution < -0.4 is 5.32 Å². The van der Waals surface area contributed by atoms with Gasteiger partial charge in [-0.3, -0.25) is 0 Å². The molecule has 0 amide bonds. The molecule has 0 saturated carbocycles. The van der Waals surface area contributed by atoms with E-state index in [0.717, 1.165) is 5.56 Å². The summed E-state index contributed by atoms with van der Waals surface area (Å²) in [5, 5.41) is 3.09. The first-order chi connectivity index (χ1) is 9.05. The van der Waals surface area contributed by atoms with Crippen molar-refractivity contribution < 1.29 is 13.2 Å². The Morgan fingerprint density at radius 3 is 2.89 bits per heavy atom. The van der Waals surface area contributed by atoms with Gasteiger partial charge >= 0.3 is 0 Å². The Morgan fingerprint density at radius 1 is 1.53 bits per heavy atom. The summed E-state index contributed by atoms with van der Waals surface area (Å²) in [4.78, 5) is 4.07. The normalized spacial score (nSPS) is 21.5. The highest BCUT2D eigenvalue weighted by Crippen LogP contribution is 2.18. The molecule has 19 heavy (non-hydrogen) atoms. The van der Waals surface area contributed by atoms with E-state index in [4.69, 9.17) is 4.74 Å². The molecule has 1 saturated heterocycles. The maximum absolute atomic E-state index is 12.5. The Kier molecular flexibility index (Phi) is 4.51. The van der Waals surface area contributed by atoms with Gasteiger partial charge in [-0.25, -0.2) is 13.4 Å². The predicted molar refractivity (Wildman–Crippen MR) is 71.2 cm³/mol. The molecular weight excluding hydrogens is 266 g/mol. The molecule has 0 aliphatic carbocycles. The summed E-state index contributed by atoms with van der Waals surface area (Å²) >= 11 is 0. The molecule has 0 bridgehead atoms. The molecule has 2 rings (SSSR count). The van der Waals surface area contributed by atoms with Crippen molar-refractivity contribution in [3.63, 3.8) is 0 Å². The molecule has 2 heterocycles. The predicted octanol–water partition coefficient (Wildman–Crippen LogP) is 0.210. The molecule has 1 aromatic heterocycles. The first-order valence-corrected chi connectivity index (χ1v) is 7.69. The maximum atomic E-state index is 12.5. The lowest BCUT2D eigenvalue weighted by atomic mass is 10.3. The van der Waals surface area contributed by atoms with Gasteiger partial charge in [-0.2, -0.15) is 4.31 Å². The van der Waals surface area contributed by atoms with Gasteiger partial charge in [0.1, 0.15) is 0 Å². The summed E-state index contributed by atoms with van der Waals surface area (Å²) in [6, 6.07) is 3.18. The number of hydrogen-bond acceptors (Lipinski definition) is 5. The molecule has 1 aliphatic rings. The van der Waals surface area contributed by atoms with Gasteiger partial charge in [0, 0.05) is 25.3 Å². The van der Waals surface area contributed by atoms with Crippen molar-refractivity contribution in [2.45, 2.75) is 24.5 Å². The van der Waals surface area contributed by atoms with E-state index >= 15 is 0 Å². The van der Waals surface area contributed by atoms with Crippen LogP contribution in [0.25, 0.3) is 0 Å². The van der Waals surface area contributed by atoms with Gasteiger partial charge in [0.05, 0.1) is 13.2 Å². The molecule has 7 heteroatoms. The van der Waals surface area contributed by atoms with E-state index in [0.29, 0.717) is 26.3 Å². The summed E-state index contributed by atoms with van der Waals surface area (Å²) in [6.07, 6.45) is 1.59. The highest BCUT2D eigenvalue weighted by Gasteiger charge is 2.32. The lowest BCUT2D eigenvalue weighted by molar-refractivity contribution is 0.0391. The highest BCUT2D eigenvalue weighted by molar-refractivity contribution is 7.89. The average Bonchev–Trinajstić information content (AvgIpc) is 2.40. The Morgan fingerprint density at radius 2 is 2.32 bits per heavy atom. The van der Waals surface area contributed by atoms with Gasteiger partial charge in [0.2, 0.25) is 0 Å². The highest BCUT2D eigenvalue weighted by atomic mass is 32.2. The third-order valence-electron chi connectivity index (χ3n) is 3.06. The fourth-order valence-corrected chi connectivity index (χ4v) is 3.58. The SMILES string of the molecule is CNCc1ccc(S(=O)(=O)N2CCOCC2C)nc1. The van der Waals surface area contributed by atoms with Crippen molar-refractivity contribution in [3.8, 4) is 0 Å². The first-order valence-electron chi connectivity index (χ1n) is 6.25. The number of morpholine rings is 1. The van der Waals surface area contributed by atoms with E-state index in [1.807, 2.05) is 14.0 Å². The molecule has 1 aromatic rings. The summed E-state index contributed by atoms with van der Waals surface area (Å²) in [7, 11) is -1.69. The number of ether oxygens (including phenoxy) is 1. The molecule has 1 unspecified atom stereocenters. The number of nitrogens with zero attached hydrogens (tertiary/aromatic N) is 2. The Bertz CT molecular complexity index is 516. The van der Waals surface area contributed by atoms with Gasteiger partial charge in [-0.1, -0.05) is 6.07 Å². The van der Waals surface area contributed by atoms with Crippen LogP contribution in [0.1, 0.15) is 12.5 Å². The van der Waals surface area contributed by atoms with Crippen molar-refractivity contribution in [3.05, 3.63) is 23.9 Å².